The SMILES string of the molecule is C[C@@H]1[C@H](CN(C)[C@H](C)c2ccc3ccccc3c2)O[C@H](c2cccc(N3C(=O)CC(NC(=O)OCc4ccccc4)C3=O)c2)O[C@@H]1c1ccc(CO)cc1. The summed E-state index contributed by atoms with van der Waals surface area (Å²) >= 11 is 0. The number of carbonyl (C=O) groups is 3. The van der Waals surface area contributed by atoms with Gasteiger partial charge < -0.3 is 24.6 Å². The molecular formula is C44H45N3O7. The number of nitrogens with zero attached hydrogens (tertiary/aromatic N) is 2. The van der Waals surface area contributed by atoms with Crippen molar-refractivity contribution in [2.45, 2.75) is 64.1 Å². The number of hydrogen-bond acceptors (Lipinski definition) is 8. The topological polar surface area (TPSA) is 118 Å². The zero-order valence-corrected chi connectivity index (χ0v) is 30.6. The van der Waals surface area contributed by atoms with Crippen molar-refractivity contribution < 1.29 is 33.7 Å². The van der Waals surface area contributed by atoms with E-state index in [1.807, 2.05) is 66.7 Å². The molecule has 54 heavy (non-hydrogen) atoms. The maximum atomic E-state index is 13.5. The zero-order valence-electron chi connectivity index (χ0n) is 30.6. The Kier molecular flexibility index (Phi) is 11.2. The van der Waals surface area contributed by atoms with E-state index in [4.69, 9.17) is 14.2 Å². The number of nitrogens with one attached hydrogen (secondary N) is 1. The van der Waals surface area contributed by atoms with E-state index in [-0.39, 0.29) is 43.8 Å². The quantitative estimate of drug-likeness (QED) is 0.136. The van der Waals surface area contributed by atoms with Gasteiger partial charge in [-0.25, -0.2) is 9.69 Å². The van der Waals surface area contributed by atoms with Crippen LogP contribution in [0.15, 0.2) is 121 Å². The number of benzene rings is 5. The van der Waals surface area contributed by atoms with Crippen LogP contribution in [0.4, 0.5) is 10.5 Å². The van der Waals surface area contributed by atoms with E-state index >= 15 is 0 Å². The minimum absolute atomic E-state index is 0.0407. The molecule has 0 bridgehead atoms. The van der Waals surface area contributed by atoms with E-state index in [0.717, 1.165) is 21.6 Å². The predicted molar refractivity (Wildman–Crippen MR) is 205 cm³/mol. The summed E-state index contributed by atoms with van der Waals surface area (Å²) in [5.41, 5.74) is 4.77. The molecule has 0 aliphatic carbocycles. The average molecular weight is 728 g/mol. The molecule has 3 amide bonds. The Hall–Kier alpha value is -5.39. The Morgan fingerprint density at radius 3 is 2.37 bits per heavy atom. The van der Waals surface area contributed by atoms with Crippen molar-refractivity contribution in [2.24, 2.45) is 5.92 Å². The Labute approximate surface area is 315 Å². The van der Waals surface area contributed by atoms with Gasteiger partial charge in [0.25, 0.3) is 5.91 Å². The highest BCUT2D eigenvalue weighted by Crippen LogP contribution is 2.43. The third-order valence-electron chi connectivity index (χ3n) is 10.6. The lowest BCUT2D eigenvalue weighted by atomic mass is 9.89. The fourth-order valence-corrected chi connectivity index (χ4v) is 7.23. The minimum atomic E-state index is -1.05. The van der Waals surface area contributed by atoms with Crippen molar-refractivity contribution in [3.63, 3.8) is 0 Å². The number of anilines is 1. The first-order chi connectivity index (χ1) is 26.2. The van der Waals surface area contributed by atoms with Crippen LogP contribution in [0.3, 0.4) is 0 Å². The lowest BCUT2D eigenvalue weighted by Gasteiger charge is -2.43. The number of likely N-dealkylation sites (N-methyl/N-ethyl adjacent to an activating group) is 1. The number of imide groups is 1. The van der Waals surface area contributed by atoms with Crippen molar-refractivity contribution in [1.82, 2.24) is 10.2 Å². The van der Waals surface area contributed by atoms with Gasteiger partial charge in [0.1, 0.15) is 12.6 Å². The van der Waals surface area contributed by atoms with Crippen LogP contribution in [0.5, 0.6) is 0 Å². The lowest BCUT2D eigenvalue weighted by molar-refractivity contribution is -0.276. The van der Waals surface area contributed by atoms with Gasteiger partial charge in [-0.2, -0.15) is 0 Å². The second kappa shape index (κ2) is 16.3. The van der Waals surface area contributed by atoms with Gasteiger partial charge in [-0.05, 0) is 65.2 Å². The molecule has 2 saturated heterocycles. The second-order valence-corrected chi connectivity index (χ2v) is 14.2. The highest BCUT2D eigenvalue weighted by atomic mass is 16.7. The molecule has 5 aromatic rings. The summed E-state index contributed by atoms with van der Waals surface area (Å²) in [7, 11) is 2.10. The van der Waals surface area contributed by atoms with Gasteiger partial charge in [-0.1, -0.05) is 110 Å². The second-order valence-electron chi connectivity index (χ2n) is 14.2. The third kappa shape index (κ3) is 8.07. The normalized spacial score (nSPS) is 22.1. The number of aliphatic hydroxyl groups excluding tert-OH is 1. The maximum absolute atomic E-state index is 13.5. The Balaban J connectivity index is 1.09. The molecule has 278 valence electrons. The fourth-order valence-electron chi connectivity index (χ4n) is 7.23. The van der Waals surface area contributed by atoms with E-state index in [1.54, 1.807) is 18.2 Å². The molecule has 2 heterocycles. The van der Waals surface area contributed by atoms with Gasteiger partial charge >= 0.3 is 6.09 Å². The van der Waals surface area contributed by atoms with E-state index in [9.17, 15) is 19.5 Å². The molecule has 2 N–H and O–H groups in total. The number of fused-ring (bicyclic) bond motifs is 1. The number of amides is 3. The average Bonchev–Trinajstić information content (AvgIpc) is 3.48. The summed E-state index contributed by atoms with van der Waals surface area (Å²) < 4.78 is 18.7. The van der Waals surface area contributed by atoms with Crippen LogP contribution in [0, 0.1) is 5.92 Å². The molecular weight excluding hydrogens is 682 g/mol. The van der Waals surface area contributed by atoms with Gasteiger partial charge in [0.2, 0.25) is 5.91 Å². The smallest absolute Gasteiger partial charge is 0.408 e. The number of hydrogen-bond donors (Lipinski definition) is 2. The molecule has 6 atom stereocenters. The molecule has 0 saturated carbocycles. The molecule has 0 radical (unpaired) electrons. The summed E-state index contributed by atoms with van der Waals surface area (Å²) in [6.07, 6.45) is -2.38. The van der Waals surface area contributed by atoms with Crippen LogP contribution < -0.4 is 10.2 Å². The van der Waals surface area contributed by atoms with E-state index < -0.39 is 30.2 Å². The first kappa shape index (κ1) is 36.9. The monoisotopic (exact) mass is 727 g/mol. The van der Waals surface area contributed by atoms with Gasteiger partial charge in [-0.3, -0.25) is 14.5 Å². The first-order valence-corrected chi connectivity index (χ1v) is 18.3. The van der Waals surface area contributed by atoms with E-state index in [1.165, 1.54) is 16.3 Å². The number of rotatable bonds is 11. The summed E-state index contributed by atoms with van der Waals surface area (Å²) in [5.74, 6) is -1.03. The summed E-state index contributed by atoms with van der Waals surface area (Å²) in [6, 6.07) is 37.9. The van der Waals surface area contributed by atoms with Crippen LogP contribution in [0.25, 0.3) is 10.8 Å². The molecule has 2 aliphatic heterocycles. The molecule has 2 fully saturated rings. The van der Waals surface area contributed by atoms with Crippen LogP contribution >= 0.6 is 0 Å². The van der Waals surface area contributed by atoms with Crippen LogP contribution in [0.2, 0.25) is 0 Å². The molecule has 10 heteroatoms. The lowest BCUT2D eigenvalue weighted by Crippen LogP contribution is -2.44. The molecule has 7 rings (SSSR count). The zero-order chi connectivity index (χ0) is 37.8. The number of carbonyl (C=O) groups excluding carboxylic acids is 3. The minimum Gasteiger partial charge on any atom is -0.445 e. The Morgan fingerprint density at radius 2 is 1.61 bits per heavy atom. The van der Waals surface area contributed by atoms with E-state index in [2.05, 4.69) is 67.5 Å². The third-order valence-corrected chi connectivity index (χ3v) is 10.6. The summed E-state index contributed by atoms with van der Waals surface area (Å²) in [6.45, 7) is 4.90. The van der Waals surface area contributed by atoms with Crippen molar-refractivity contribution >= 4 is 34.4 Å². The van der Waals surface area contributed by atoms with Crippen LogP contribution in [-0.2, 0) is 37.0 Å². The Morgan fingerprint density at radius 1 is 0.870 bits per heavy atom. The van der Waals surface area contributed by atoms with E-state index in [0.29, 0.717) is 17.8 Å². The highest BCUT2D eigenvalue weighted by molar-refractivity contribution is 6.23. The van der Waals surface area contributed by atoms with Crippen molar-refractivity contribution in [2.75, 3.05) is 18.5 Å². The molecule has 1 unspecified atom stereocenters. The van der Waals surface area contributed by atoms with Crippen molar-refractivity contribution in [1.29, 1.82) is 0 Å². The molecule has 0 spiro atoms. The largest absolute Gasteiger partial charge is 0.445 e. The van der Waals surface area contributed by atoms with Crippen molar-refractivity contribution in [3.8, 4) is 0 Å². The standard InChI is InChI=1S/C44H45N3O7/c1-28-39(25-46(3)29(2)34-21-20-32-12-7-8-13-35(32)22-34)53-43(54-41(28)33-18-16-30(26-48)17-19-33)36-14-9-15-37(23-36)47-40(49)24-38(42(47)50)45-44(51)52-27-31-10-5-4-6-11-31/h4-23,28-29,38-39,41,43,48H,24-27H2,1-3H3,(H,45,51)/t28-,29-,38?,39+,41+,43+/m1/s1. The highest BCUT2D eigenvalue weighted by Gasteiger charge is 2.42. The fraction of sp³-hybridized carbons (Fsp3) is 0.295. The molecule has 10 nitrogen and oxygen atoms in total. The summed E-state index contributed by atoms with van der Waals surface area (Å²) in [5, 5.41) is 14.6. The molecule has 0 aromatic heterocycles. The number of alkyl carbamates (subject to hydrolysis) is 1. The Bertz CT molecular complexity index is 2110. The van der Waals surface area contributed by atoms with Gasteiger partial charge in [0.05, 0.1) is 30.9 Å². The maximum Gasteiger partial charge on any atom is 0.408 e. The number of ether oxygens (including phenoxy) is 3. The van der Waals surface area contributed by atoms with Crippen molar-refractivity contribution in [3.05, 3.63) is 149 Å². The molecule has 5 aromatic carbocycles. The van der Waals surface area contributed by atoms with Gasteiger partial charge in [0, 0.05) is 24.1 Å². The first-order valence-electron chi connectivity index (χ1n) is 18.3. The van der Waals surface area contributed by atoms with Gasteiger partial charge in [-0.15, -0.1) is 0 Å². The number of aliphatic hydroxyl groups is 1. The molecule has 2 aliphatic rings. The summed E-state index contributed by atoms with van der Waals surface area (Å²) in [4.78, 5) is 42.7. The predicted octanol–water partition coefficient (Wildman–Crippen LogP) is 7.37. The van der Waals surface area contributed by atoms with Crippen LogP contribution in [0.1, 0.15) is 66.5 Å². The van der Waals surface area contributed by atoms with Crippen LogP contribution in [-0.4, -0.2) is 53.7 Å². The van der Waals surface area contributed by atoms with Gasteiger partial charge in [0.15, 0.2) is 6.29 Å².